The van der Waals surface area contributed by atoms with E-state index in [1.54, 1.807) is 0 Å². The van der Waals surface area contributed by atoms with Crippen LogP contribution in [-0.2, 0) is 10.0 Å². The molecule has 0 spiro atoms. The van der Waals surface area contributed by atoms with Gasteiger partial charge in [0.2, 0.25) is 10.0 Å². The number of nitrogens with one attached hydrogen (secondary N) is 1. The lowest BCUT2D eigenvalue weighted by Gasteiger charge is -2.07. The molecule has 0 aliphatic heterocycles. The SMILES string of the molecule is NC(=S)CS(=O)(=O)Nc1cc(F)cc(Cl)c1. The van der Waals surface area contributed by atoms with Crippen molar-refractivity contribution in [2.45, 2.75) is 0 Å². The molecule has 0 radical (unpaired) electrons. The first-order valence-corrected chi connectivity index (χ1v) is 6.47. The van der Waals surface area contributed by atoms with Gasteiger partial charge in [0.1, 0.15) is 11.6 Å². The van der Waals surface area contributed by atoms with Gasteiger partial charge in [-0.1, -0.05) is 23.8 Å². The highest BCUT2D eigenvalue weighted by Crippen LogP contribution is 2.18. The normalized spacial score (nSPS) is 11.1. The van der Waals surface area contributed by atoms with E-state index in [0.717, 1.165) is 12.1 Å². The summed E-state index contributed by atoms with van der Waals surface area (Å²) in [5.74, 6) is -1.14. The minimum absolute atomic E-state index is 0.0289. The van der Waals surface area contributed by atoms with Gasteiger partial charge in [-0.15, -0.1) is 0 Å². The Morgan fingerprint density at radius 2 is 2.12 bits per heavy atom. The predicted molar refractivity (Wildman–Crippen MR) is 65.6 cm³/mol. The van der Waals surface area contributed by atoms with E-state index in [4.69, 9.17) is 17.3 Å². The van der Waals surface area contributed by atoms with Crippen molar-refractivity contribution in [1.29, 1.82) is 0 Å². The van der Waals surface area contributed by atoms with E-state index in [1.807, 2.05) is 0 Å². The summed E-state index contributed by atoms with van der Waals surface area (Å²) in [6, 6.07) is 3.34. The molecular weight excluding hydrogens is 275 g/mol. The number of hydrogen-bond donors (Lipinski definition) is 2. The van der Waals surface area contributed by atoms with Gasteiger partial charge in [-0.2, -0.15) is 0 Å². The Labute approximate surface area is 103 Å². The third-order valence-corrected chi connectivity index (χ3v) is 3.25. The molecular formula is C8H8ClFN2O2S2. The van der Waals surface area contributed by atoms with Crippen LogP contribution < -0.4 is 10.5 Å². The summed E-state index contributed by atoms with van der Waals surface area (Å²) in [6.07, 6.45) is 0. The van der Waals surface area contributed by atoms with Crippen LogP contribution in [-0.4, -0.2) is 19.2 Å². The molecule has 0 amide bonds. The van der Waals surface area contributed by atoms with E-state index in [2.05, 4.69) is 16.9 Å². The Bertz CT molecular complexity index is 499. The standard InChI is InChI=1S/C8H8ClFN2O2S2/c9-5-1-6(10)3-7(2-5)12-16(13,14)4-8(11)15/h1-3,12H,4H2,(H2,11,15). The van der Waals surface area contributed by atoms with Crippen molar-refractivity contribution in [3.8, 4) is 0 Å². The fourth-order valence-electron chi connectivity index (χ4n) is 1.02. The number of sulfonamides is 1. The number of thiocarbonyl (C=S) groups is 1. The molecule has 0 aliphatic rings. The molecule has 0 unspecified atom stereocenters. The highest BCUT2D eigenvalue weighted by molar-refractivity contribution is 7.95. The monoisotopic (exact) mass is 282 g/mol. The first-order valence-electron chi connectivity index (χ1n) is 4.03. The van der Waals surface area contributed by atoms with Gasteiger partial charge < -0.3 is 5.73 Å². The van der Waals surface area contributed by atoms with Gasteiger partial charge in [0.25, 0.3) is 0 Å². The zero-order valence-corrected chi connectivity index (χ0v) is 10.3. The Morgan fingerprint density at radius 1 is 1.50 bits per heavy atom. The smallest absolute Gasteiger partial charge is 0.239 e. The van der Waals surface area contributed by atoms with Crippen LogP contribution in [0.25, 0.3) is 0 Å². The molecule has 16 heavy (non-hydrogen) atoms. The van der Waals surface area contributed by atoms with Gasteiger partial charge in [0, 0.05) is 5.02 Å². The molecule has 0 fully saturated rings. The number of benzene rings is 1. The van der Waals surface area contributed by atoms with Crippen LogP contribution in [0.4, 0.5) is 10.1 Å². The fraction of sp³-hybridized carbons (Fsp3) is 0.125. The summed E-state index contributed by atoms with van der Waals surface area (Å²) in [6.45, 7) is 0. The van der Waals surface area contributed by atoms with E-state index in [9.17, 15) is 12.8 Å². The van der Waals surface area contributed by atoms with E-state index in [0.29, 0.717) is 0 Å². The van der Waals surface area contributed by atoms with Crippen LogP contribution in [0, 0.1) is 5.82 Å². The van der Waals surface area contributed by atoms with Gasteiger partial charge in [-0.05, 0) is 18.2 Å². The molecule has 4 nitrogen and oxygen atoms in total. The first kappa shape index (κ1) is 13.1. The molecule has 0 bridgehead atoms. The van der Waals surface area contributed by atoms with Crippen molar-refractivity contribution in [1.82, 2.24) is 0 Å². The Balaban J connectivity index is 2.92. The van der Waals surface area contributed by atoms with Crippen molar-refractivity contribution in [3.63, 3.8) is 0 Å². The molecule has 1 aromatic carbocycles. The molecule has 0 saturated heterocycles. The average molecular weight is 283 g/mol. The summed E-state index contributed by atoms with van der Waals surface area (Å²) in [4.78, 5) is -0.171. The molecule has 0 aliphatic carbocycles. The zero-order valence-electron chi connectivity index (χ0n) is 7.91. The van der Waals surface area contributed by atoms with Crippen LogP contribution in [0.5, 0.6) is 0 Å². The summed E-state index contributed by atoms with van der Waals surface area (Å²) in [5, 5.41) is 0.0908. The second-order valence-electron chi connectivity index (χ2n) is 2.99. The maximum atomic E-state index is 12.9. The molecule has 3 N–H and O–H groups in total. The summed E-state index contributed by atoms with van der Waals surface area (Å²) in [5.41, 5.74) is 5.13. The van der Waals surface area contributed by atoms with Crippen molar-refractivity contribution < 1.29 is 12.8 Å². The van der Waals surface area contributed by atoms with Crippen LogP contribution in [0.3, 0.4) is 0 Å². The second kappa shape index (κ2) is 4.94. The maximum absolute atomic E-state index is 12.9. The average Bonchev–Trinajstić information content (AvgIpc) is 1.95. The van der Waals surface area contributed by atoms with Gasteiger partial charge in [-0.3, -0.25) is 4.72 Å². The van der Waals surface area contributed by atoms with Gasteiger partial charge >= 0.3 is 0 Å². The van der Waals surface area contributed by atoms with Crippen LogP contribution in [0.2, 0.25) is 5.02 Å². The molecule has 8 heteroatoms. The number of rotatable bonds is 4. The highest BCUT2D eigenvalue weighted by atomic mass is 35.5. The molecule has 0 aromatic heterocycles. The molecule has 0 heterocycles. The van der Waals surface area contributed by atoms with Crippen molar-refractivity contribution in [2.75, 3.05) is 10.5 Å². The second-order valence-corrected chi connectivity index (χ2v) is 5.67. The first-order chi connectivity index (χ1) is 7.28. The zero-order chi connectivity index (χ0) is 12.3. The van der Waals surface area contributed by atoms with Crippen molar-refractivity contribution in [3.05, 3.63) is 29.0 Å². The number of anilines is 1. The van der Waals surface area contributed by atoms with Gasteiger partial charge in [0.15, 0.2) is 0 Å². The Kier molecular flexibility index (Phi) is 4.06. The largest absolute Gasteiger partial charge is 0.392 e. The van der Waals surface area contributed by atoms with E-state index < -0.39 is 21.6 Å². The summed E-state index contributed by atoms with van der Waals surface area (Å²) < 4.78 is 37.8. The number of nitrogens with two attached hydrogens (primary N) is 1. The minimum Gasteiger partial charge on any atom is -0.392 e. The quantitative estimate of drug-likeness (QED) is 0.821. The van der Waals surface area contributed by atoms with E-state index in [1.165, 1.54) is 6.07 Å². The highest BCUT2D eigenvalue weighted by Gasteiger charge is 2.12. The van der Waals surface area contributed by atoms with Crippen molar-refractivity contribution >= 4 is 44.5 Å². The van der Waals surface area contributed by atoms with E-state index >= 15 is 0 Å². The van der Waals surface area contributed by atoms with Gasteiger partial charge in [-0.25, -0.2) is 12.8 Å². The van der Waals surface area contributed by atoms with Crippen LogP contribution >= 0.6 is 23.8 Å². The topological polar surface area (TPSA) is 72.2 Å². The lowest BCUT2D eigenvalue weighted by molar-refractivity contribution is 0.604. The molecule has 1 rings (SSSR count). The molecule has 0 atom stereocenters. The van der Waals surface area contributed by atoms with E-state index in [-0.39, 0.29) is 15.7 Å². The van der Waals surface area contributed by atoms with Crippen molar-refractivity contribution in [2.24, 2.45) is 5.73 Å². The Morgan fingerprint density at radius 3 is 2.62 bits per heavy atom. The minimum atomic E-state index is -3.71. The summed E-state index contributed by atoms with van der Waals surface area (Å²) in [7, 11) is -3.71. The molecule has 0 saturated carbocycles. The number of hydrogen-bond acceptors (Lipinski definition) is 3. The van der Waals surface area contributed by atoms with Crippen LogP contribution in [0.15, 0.2) is 18.2 Å². The summed E-state index contributed by atoms with van der Waals surface area (Å²) >= 11 is 10.0. The molecule has 1 aromatic rings. The fourth-order valence-corrected chi connectivity index (χ4v) is 2.63. The lowest BCUT2D eigenvalue weighted by atomic mass is 10.3. The third kappa shape index (κ3) is 4.30. The molecule has 88 valence electrons. The predicted octanol–water partition coefficient (Wildman–Crippen LogP) is 1.51. The maximum Gasteiger partial charge on any atom is 0.239 e. The number of halogens is 2. The third-order valence-electron chi connectivity index (χ3n) is 1.47. The Hall–Kier alpha value is -0.920. The lowest BCUT2D eigenvalue weighted by Crippen LogP contribution is -2.26. The van der Waals surface area contributed by atoms with Gasteiger partial charge in [0.05, 0.1) is 10.7 Å². The van der Waals surface area contributed by atoms with Crippen LogP contribution in [0.1, 0.15) is 0 Å².